The number of nitrogens with one attached hydrogen (secondary N) is 1. The van der Waals surface area contributed by atoms with Crippen molar-refractivity contribution >= 4 is 17.6 Å². The fourth-order valence-corrected chi connectivity index (χ4v) is 3.60. The van der Waals surface area contributed by atoms with E-state index in [0.717, 1.165) is 18.4 Å². The van der Waals surface area contributed by atoms with Gasteiger partial charge in [-0.2, -0.15) is 5.10 Å². The number of esters is 1. The van der Waals surface area contributed by atoms with E-state index in [1.807, 2.05) is 19.1 Å². The number of carbonyl (C=O) groups excluding carboxylic acids is 2. The van der Waals surface area contributed by atoms with E-state index in [9.17, 15) is 9.59 Å². The van der Waals surface area contributed by atoms with Crippen molar-refractivity contribution in [3.05, 3.63) is 82.6 Å². The Balaban J connectivity index is 1.54. The second-order valence-electron chi connectivity index (χ2n) is 7.34. The van der Waals surface area contributed by atoms with Crippen LogP contribution in [0.3, 0.4) is 0 Å². The second kappa shape index (κ2) is 8.95. The lowest BCUT2D eigenvalue weighted by Gasteiger charge is -2.13. The minimum atomic E-state index is -0.546. The Bertz CT molecular complexity index is 1130. The number of carbonyl (C=O) groups is 2. The molecular weight excluding hydrogens is 394 g/mol. The van der Waals surface area contributed by atoms with Gasteiger partial charge in [0, 0.05) is 29.9 Å². The van der Waals surface area contributed by atoms with Gasteiger partial charge < -0.3 is 9.15 Å². The van der Waals surface area contributed by atoms with Crippen LogP contribution >= 0.6 is 0 Å². The third-order valence-electron chi connectivity index (χ3n) is 5.27. The van der Waals surface area contributed by atoms with Crippen LogP contribution in [0.2, 0.25) is 0 Å². The van der Waals surface area contributed by atoms with Crippen molar-refractivity contribution in [1.29, 1.82) is 0 Å². The van der Waals surface area contributed by atoms with Crippen molar-refractivity contribution < 1.29 is 18.7 Å². The van der Waals surface area contributed by atoms with E-state index in [0.29, 0.717) is 41.2 Å². The van der Waals surface area contributed by atoms with Gasteiger partial charge in [-0.1, -0.05) is 19.1 Å². The first-order valence-electron chi connectivity index (χ1n) is 10.3. The number of hydrogen-bond acceptors (Lipinski definition) is 6. The first kappa shape index (κ1) is 20.5. The number of hydrogen-bond donors (Lipinski definition) is 1. The van der Waals surface area contributed by atoms with Crippen molar-refractivity contribution in [3.8, 4) is 5.75 Å². The van der Waals surface area contributed by atoms with Gasteiger partial charge in [-0.15, -0.1) is 0 Å². The molecule has 0 saturated carbocycles. The topological polar surface area (TPSA) is 93.8 Å². The Hall–Kier alpha value is -3.74. The number of rotatable bonds is 5. The molecule has 0 saturated heterocycles. The molecule has 1 aliphatic carbocycles. The Morgan fingerprint density at radius 3 is 2.71 bits per heavy atom. The van der Waals surface area contributed by atoms with Crippen molar-refractivity contribution in [2.24, 2.45) is 5.10 Å². The normalized spacial score (nSPS) is 14.2. The van der Waals surface area contributed by atoms with Gasteiger partial charge in [-0.25, -0.2) is 10.2 Å². The van der Waals surface area contributed by atoms with E-state index < -0.39 is 5.97 Å². The zero-order chi connectivity index (χ0) is 21.8. The fraction of sp³-hybridized carbons (Fsp3) is 0.250. The van der Waals surface area contributed by atoms with Gasteiger partial charge in [0.1, 0.15) is 11.5 Å². The molecule has 31 heavy (non-hydrogen) atoms. The van der Waals surface area contributed by atoms with E-state index in [1.54, 1.807) is 30.5 Å². The monoisotopic (exact) mass is 417 g/mol. The zero-order valence-corrected chi connectivity index (χ0v) is 17.5. The number of amides is 1. The van der Waals surface area contributed by atoms with Gasteiger partial charge in [0.05, 0.1) is 11.3 Å². The highest BCUT2D eigenvalue weighted by atomic mass is 16.5. The Morgan fingerprint density at radius 2 is 2.00 bits per heavy atom. The van der Waals surface area contributed by atoms with Crippen molar-refractivity contribution in [2.75, 3.05) is 0 Å². The van der Waals surface area contributed by atoms with Crippen LogP contribution in [0, 0.1) is 6.92 Å². The summed E-state index contributed by atoms with van der Waals surface area (Å²) in [6.07, 6.45) is 6.18. The summed E-state index contributed by atoms with van der Waals surface area (Å²) in [5.74, 6) is 0.427. The first-order chi connectivity index (χ1) is 15.1. The summed E-state index contributed by atoms with van der Waals surface area (Å²) in [5, 5.41) is 4.31. The quantitative estimate of drug-likeness (QED) is 0.381. The molecule has 2 aromatic heterocycles. The van der Waals surface area contributed by atoms with Gasteiger partial charge >= 0.3 is 5.97 Å². The number of furan rings is 1. The van der Waals surface area contributed by atoms with Crippen LogP contribution in [0.4, 0.5) is 0 Å². The number of benzene rings is 1. The largest absolute Gasteiger partial charge is 0.453 e. The lowest BCUT2D eigenvalue weighted by atomic mass is 9.93. The van der Waals surface area contributed by atoms with Gasteiger partial charge in [0.2, 0.25) is 5.76 Å². The van der Waals surface area contributed by atoms with Crippen LogP contribution in [0.25, 0.3) is 0 Å². The molecule has 0 unspecified atom stereocenters. The predicted molar refractivity (Wildman–Crippen MR) is 115 cm³/mol. The van der Waals surface area contributed by atoms with Crippen LogP contribution < -0.4 is 10.2 Å². The smallest absolute Gasteiger partial charge is 0.379 e. The fourth-order valence-electron chi connectivity index (χ4n) is 3.60. The van der Waals surface area contributed by atoms with Crippen LogP contribution in [-0.2, 0) is 12.8 Å². The number of fused-ring (bicyclic) bond motifs is 1. The third-order valence-corrected chi connectivity index (χ3v) is 5.27. The Morgan fingerprint density at radius 1 is 1.19 bits per heavy atom. The van der Waals surface area contributed by atoms with Gasteiger partial charge in [0.25, 0.3) is 5.91 Å². The summed E-state index contributed by atoms with van der Waals surface area (Å²) < 4.78 is 11.4. The number of nitrogens with zero attached hydrogens (tertiary/aromatic N) is 2. The minimum absolute atomic E-state index is 0.165. The molecule has 0 bridgehead atoms. The molecule has 1 amide bonds. The molecule has 1 N–H and O–H groups in total. The molecular formula is C24H23N3O4. The molecule has 0 fully saturated rings. The lowest BCUT2D eigenvalue weighted by molar-refractivity contribution is 0.0698. The average molecular weight is 417 g/mol. The summed E-state index contributed by atoms with van der Waals surface area (Å²) in [6.45, 7) is 3.87. The molecule has 1 aromatic carbocycles. The summed E-state index contributed by atoms with van der Waals surface area (Å²) >= 11 is 0. The first-order valence-corrected chi connectivity index (χ1v) is 10.3. The van der Waals surface area contributed by atoms with Gasteiger partial charge in [-0.3, -0.25) is 9.78 Å². The predicted octanol–water partition coefficient (Wildman–Crippen LogP) is 4.24. The third kappa shape index (κ3) is 4.40. The van der Waals surface area contributed by atoms with Gasteiger partial charge in [0.15, 0.2) is 0 Å². The molecule has 0 spiro atoms. The maximum atomic E-state index is 12.7. The van der Waals surface area contributed by atoms with Crippen LogP contribution in [-0.4, -0.2) is 22.6 Å². The van der Waals surface area contributed by atoms with Crippen molar-refractivity contribution in [1.82, 2.24) is 10.4 Å². The Labute approximate surface area is 180 Å². The molecule has 1 aliphatic rings. The molecule has 7 nitrogen and oxygen atoms in total. The molecule has 2 heterocycles. The lowest BCUT2D eigenvalue weighted by Crippen LogP contribution is -2.22. The highest BCUT2D eigenvalue weighted by Gasteiger charge is 2.29. The molecule has 4 rings (SSSR count). The number of pyridine rings is 1. The number of ether oxygens (including phenoxy) is 1. The highest BCUT2D eigenvalue weighted by Crippen LogP contribution is 2.30. The molecule has 7 heteroatoms. The number of aromatic nitrogens is 1. The van der Waals surface area contributed by atoms with Crippen LogP contribution in [0.1, 0.15) is 63.1 Å². The number of aryl methyl sites for hydroxylation is 2. The summed E-state index contributed by atoms with van der Waals surface area (Å²) in [5.41, 5.74) is 6.29. The standard InChI is InChI=1S/C24H23N3O4/c1-3-16-9-11-18(12-10-16)30-24(29)22-15(2)21-19(7-4-8-20(21)31-22)26-27-23(28)17-6-5-13-25-14-17/h5-6,9-14H,3-4,7-8H2,1-2H3,(H,27,28)/b26-19+. The van der Waals surface area contributed by atoms with Crippen molar-refractivity contribution in [3.63, 3.8) is 0 Å². The molecule has 158 valence electrons. The Kier molecular flexibility index (Phi) is 5.93. The average Bonchev–Trinajstić information content (AvgIpc) is 3.16. The van der Waals surface area contributed by atoms with Crippen LogP contribution in [0.5, 0.6) is 5.75 Å². The summed E-state index contributed by atoms with van der Waals surface area (Å²) in [7, 11) is 0. The highest BCUT2D eigenvalue weighted by molar-refractivity contribution is 6.06. The van der Waals surface area contributed by atoms with E-state index in [-0.39, 0.29) is 11.7 Å². The molecule has 0 radical (unpaired) electrons. The zero-order valence-electron chi connectivity index (χ0n) is 17.5. The maximum absolute atomic E-state index is 12.7. The molecule has 3 aromatic rings. The van der Waals surface area contributed by atoms with E-state index in [2.05, 4.69) is 22.4 Å². The second-order valence-corrected chi connectivity index (χ2v) is 7.34. The minimum Gasteiger partial charge on any atom is -0.453 e. The van der Waals surface area contributed by atoms with E-state index >= 15 is 0 Å². The summed E-state index contributed by atoms with van der Waals surface area (Å²) in [6, 6.07) is 10.8. The van der Waals surface area contributed by atoms with Crippen LogP contribution in [0.15, 0.2) is 58.3 Å². The van der Waals surface area contributed by atoms with Gasteiger partial charge in [-0.05, 0) is 56.0 Å². The molecule has 0 aliphatic heterocycles. The van der Waals surface area contributed by atoms with E-state index in [4.69, 9.17) is 9.15 Å². The number of hydrazone groups is 1. The maximum Gasteiger partial charge on any atom is 0.379 e. The SMILES string of the molecule is CCc1ccc(OC(=O)c2oc3c(c2C)/C(=N/NC(=O)c2cccnc2)CCC3)cc1. The molecule has 0 atom stereocenters. The van der Waals surface area contributed by atoms with E-state index in [1.165, 1.54) is 11.8 Å². The summed E-state index contributed by atoms with van der Waals surface area (Å²) in [4.78, 5) is 29.0. The van der Waals surface area contributed by atoms with Crippen molar-refractivity contribution in [2.45, 2.75) is 39.5 Å².